The summed E-state index contributed by atoms with van der Waals surface area (Å²) in [7, 11) is 0. The van der Waals surface area contributed by atoms with Gasteiger partial charge in [-0.3, -0.25) is 14.6 Å². The third-order valence-corrected chi connectivity index (χ3v) is 2.41. The molecular weight excluding hydrogens is 254 g/mol. The van der Waals surface area contributed by atoms with E-state index < -0.39 is 5.91 Å². The summed E-state index contributed by atoms with van der Waals surface area (Å²) in [5.74, 6) is -0.652. The molecule has 0 fully saturated rings. The van der Waals surface area contributed by atoms with Gasteiger partial charge in [-0.15, -0.1) is 0 Å². The van der Waals surface area contributed by atoms with Gasteiger partial charge in [0.1, 0.15) is 0 Å². The molecule has 2 amide bonds. The van der Waals surface area contributed by atoms with Crippen LogP contribution >= 0.6 is 11.6 Å². The molecule has 6 heteroatoms. The fraction of sp³-hybridized carbons (Fsp3) is 0.417. The monoisotopic (exact) mass is 269 g/mol. The topological polar surface area (TPSA) is 71.1 Å². The number of aromatic nitrogens is 1. The molecule has 0 spiro atoms. The Bertz CT molecular complexity index is 461. The first-order chi connectivity index (χ1) is 8.40. The van der Waals surface area contributed by atoms with E-state index in [1.165, 1.54) is 6.20 Å². The Labute approximate surface area is 111 Å². The van der Waals surface area contributed by atoms with Gasteiger partial charge in [0, 0.05) is 17.9 Å². The molecule has 1 heterocycles. The van der Waals surface area contributed by atoms with E-state index in [9.17, 15) is 9.59 Å². The van der Waals surface area contributed by atoms with Crippen molar-refractivity contribution in [2.24, 2.45) is 0 Å². The van der Waals surface area contributed by atoms with E-state index in [0.717, 1.165) is 5.69 Å². The normalized spacial score (nSPS) is 10.3. The van der Waals surface area contributed by atoms with Crippen LogP contribution in [0.2, 0.25) is 5.02 Å². The van der Waals surface area contributed by atoms with Crippen LogP contribution in [0.25, 0.3) is 0 Å². The molecule has 2 N–H and O–H groups in total. The van der Waals surface area contributed by atoms with Gasteiger partial charge in [0.05, 0.1) is 17.1 Å². The molecule has 0 bridgehead atoms. The summed E-state index contributed by atoms with van der Waals surface area (Å²) in [6.45, 7) is 5.39. The molecule has 1 aromatic heterocycles. The van der Waals surface area contributed by atoms with Crippen molar-refractivity contribution in [1.29, 1.82) is 0 Å². The first kappa shape index (κ1) is 14.4. The molecule has 0 unspecified atom stereocenters. The predicted molar refractivity (Wildman–Crippen MR) is 69.6 cm³/mol. The fourth-order valence-corrected chi connectivity index (χ4v) is 1.61. The number of carbonyl (C=O) groups excluding carboxylic acids is 2. The van der Waals surface area contributed by atoms with E-state index in [1.54, 1.807) is 13.0 Å². The first-order valence-corrected chi connectivity index (χ1v) is 5.97. The number of nitrogens with one attached hydrogen (secondary N) is 2. The van der Waals surface area contributed by atoms with Gasteiger partial charge in [-0.1, -0.05) is 11.6 Å². The van der Waals surface area contributed by atoms with E-state index in [1.807, 2.05) is 13.8 Å². The zero-order valence-electron chi connectivity index (χ0n) is 10.6. The quantitative estimate of drug-likeness (QED) is 0.865. The predicted octanol–water partition coefficient (Wildman–Crippen LogP) is 1.30. The molecule has 5 nitrogen and oxygen atoms in total. The Balaban J connectivity index is 2.58. The SMILES string of the molecule is Cc1cc(Cl)c(C(=O)NCC(=O)NC(C)C)cn1. The van der Waals surface area contributed by atoms with E-state index in [0.29, 0.717) is 5.02 Å². The Morgan fingerprint density at radius 3 is 2.67 bits per heavy atom. The van der Waals surface area contributed by atoms with Crippen molar-refractivity contribution in [1.82, 2.24) is 15.6 Å². The maximum Gasteiger partial charge on any atom is 0.254 e. The minimum absolute atomic E-state index is 0.0408. The molecule has 0 aromatic carbocycles. The van der Waals surface area contributed by atoms with Crippen LogP contribution in [-0.2, 0) is 4.79 Å². The van der Waals surface area contributed by atoms with Gasteiger partial charge in [0.2, 0.25) is 5.91 Å². The van der Waals surface area contributed by atoms with E-state index in [2.05, 4.69) is 15.6 Å². The lowest BCUT2D eigenvalue weighted by Gasteiger charge is -2.09. The van der Waals surface area contributed by atoms with Crippen molar-refractivity contribution >= 4 is 23.4 Å². The Hall–Kier alpha value is -1.62. The summed E-state index contributed by atoms with van der Waals surface area (Å²) < 4.78 is 0. The highest BCUT2D eigenvalue weighted by Gasteiger charge is 2.12. The van der Waals surface area contributed by atoms with Gasteiger partial charge in [-0.2, -0.15) is 0 Å². The minimum atomic E-state index is -0.411. The van der Waals surface area contributed by atoms with Crippen molar-refractivity contribution < 1.29 is 9.59 Å². The smallest absolute Gasteiger partial charge is 0.254 e. The second-order valence-electron chi connectivity index (χ2n) is 4.21. The summed E-state index contributed by atoms with van der Waals surface area (Å²) in [5, 5.41) is 5.48. The molecule has 0 atom stereocenters. The lowest BCUT2D eigenvalue weighted by molar-refractivity contribution is -0.120. The summed E-state index contributed by atoms with van der Waals surface area (Å²) in [4.78, 5) is 27.1. The number of halogens is 1. The summed E-state index contributed by atoms with van der Waals surface area (Å²) in [5.41, 5.74) is 0.994. The van der Waals surface area contributed by atoms with Gasteiger partial charge < -0.3 is 10.6 Å². The van der Waals surface area contributed by atoms with Crippen LogP contribution in [0.15, 0.2) is 12.3 Å². The van der Waals surface area contributed by atoms with E-state index in [-0.39, 0.29) is 24.1 Å². The van der Waals surface area contributed by atoms with Crippen molar-refractivity contribution in [3.63, 3.8) is 0 Å². The Morgan fingerprint density at radius 1 is 1.44 bits per heavy atom. The molecule has 18 heavy (non-hydrogen) atoms. The molecule has 0 saturated heterocycles. The minimum Gasteiger partial charge on any atom is -0.352 e. The van der Waals surface area contributed by atoms with Crippen LogP contribution in [0.4, 0.5) is 0 Å². The second-order valence-corrected chi connectivity index (χ2v) is 4.62. The van der Waals surface area contributed by atoms with Gasteiger partial charge in [-0.05, 0) is 26.8 Å². The lowest BCUT2D eigenvalue weighted by Crippen LogP contribution is -2.39. The van der Waals surface area contributed by atoms with Crippen molar-refractivity contribution in [2.45, 2.75) is 26.8 Å². The Kier molecular flexibility index (Phi) is 5.09. The third-order valence-electron chi connectivity index (χ3n) is 2.09. The number of hydrogen-bond donors (Lipinski definition) is 2. The van der Waals surface area contributed by atoms with Crippen LogP contribution < -0.4 is 10.6 Å². The summed E-state index contributed by atoms with van der Waals surface area (Å²) in [6.07, 6.45) is 1.40. The third kappa shape index (κ3) is 4.33. The number of pyridine rings is 1. The number of amides is 2. The number of rotatable bonds is 4. The lowest BCUT2D eigenvalue weighted by atomic mass is 10.2. The van der Waals surface area contributed by atoms with Crippen LogP contribution in [0.5, 0.6) is 0 Å². The largest absolute Gasteiger partial charge is 0.352 e. The fourth-order valence-electron chi connectivity index (χ4n) is 1.32. The van der Waals surface area contributed by atoms with Crippen molar-refractivity contribution in [2.75, 3.05) is 6.54 Å². The molecular formula is C12H16ClN3O2. The molecule has 1 rings (SSSR count). The molecule has 1 aromatic rings. The first-order valence-electron chi connectivity index (χ1n) is 5.60. The zero-order valence-corrected chi connectivity index (χ0v) is 11.3. The average Bonchev–Trinajstić information content (AvgIpc) is 2.25. The highest BCUT2D eigenvalue weighted by molar-refractivity contribution is 6.33. The van der Waals surface area contributed by atoms with Crippen LogP contribution in [0, 0.1) is 6.92 Å². The second kappa shape index (κ2) is 6.35. The van der Waals surface area contributed by atoms with E-state index >= 15 is 0 Å². The van der Waals surface area contributed by atoms with Gasteiger partial charge >= 0.3 is 0 Å². The van der Waals surface area contributed by atoms with Crippen LogP contribution in [0.1, 0.15) is 29.9 Å². The number of nitrogens with zero attached hydrogens (tertiary/aromatic N) is 1. The van der Waals surface area contributed by atoms with Crippen LogP contribution in [-0.4, -0.2) is 29.4 Å². The van der Waals surface area contributed by atoms with Gasteiger partial charge in [0.15, 0.2) is 0 Å². The van der Waals surface area contributed by atoms with Crippen molar-refractivity contribution in [3.05, 3.63) is 28.5 Å². The molecule has 0 aliphatic heterocycles. The molecule has 0 aliphatic carbocycles. The molecule has 0 radical (unpaired) electrons. The highest BCUT2D eigenvalue weighted by atomic mass is 35.5. The summed E-state index contributed by atoms with van der Waals surface area (Å²) in [6, 6.07) is 1.64. The standard InChI is InChI=1S/C12H16ClN3O2/c1-7(2)16-11(17)6-15-12(18)9-5-14-8(3)4-10(9)13/h4-5,7H,6H2,1-3H3,(H,15,18)(H,16,17). The van der Waals surface area contributed by atoms with Gasteiger partial charge in [0.25, 0.3) is 5.91 Å². The molecule has 98 valence electrons. The molecule has 0 saturated carbocycles. The van der Waals surface area contributed by atoms with Gasteiger partial charge in [-0.25, -0.2) is 0 Å². The van der Waals surface area contributed by atoms with Crippen LogP contribution in [0.3, 0.4) is 0 Å². The molecule has 0 aliphatic rings. The zero-order chi connectivity index (χ0) is 13.7. The summed E-state index contributed by atoms with van der Waals surface area (Å²) >= 11 is 5.92. The number of aryl methyl sites for hydroxylation is 1. The average molecular weight is 270 g/mol. The van der Waals surface area contributed by atoms with Crippen molar-refractivity contribution in [3.8, 4) is 0 Å². The number of hydrogen-bond acceptors (Lipinski definition) is 3. The number of carbonyl (C=O) groups is 2. The van der Waals surface area contributed by atoms with E-state index in [4.69, 9.17) is 11.6 Å². The maximum absolute atomic E-state index is 11.8. The highest BCUT2D eigenvalue weighted by Crippen LogP contribution is 2.15. The maximum atomic E-state index is 11.8. The Morgan fingerprint density at radius 2 is 2.11 bits per heavy atom.